The summed E-state index contributed by atoms with van der Waals surface area (Å²) in [4.78, 5) is 12.5. The molecule has 0 fully saturated rings. The van der Waals surface area contributed by atoms with Gasteiger partial charge in [-0.3, -0.25) is 4.79 Å². The van der Waals surface area contributed by atoms with Crippen LogP contribution < -0.4 is 9.50 Å². The van der Waals surface area contributed by atoms with Crippen molar-refractivity contribution in [3.8, 4) is 11.8 Å². The van der Waals surface area contributed by atoms with Gasteiger partial charge >= 0.3 is 10.1 Å². The van der Waals surface area contributed by atoms with Crippen LogP contribution in [-0.4, -0.2) is 14.3 Å². The van der Waals surface area contributed by atoms with E-state index in [0.29, 0.717) is 25.2 Å². The molecule has 0 aliphatic heterocycles. The summed E-state index contributed by atoms with van der Waals surface area (Å²) in [7, 11) is -4.07. The summed E-state index contributed by atoms with van der Waals surface area (Å²) < 4.78 is 31.2. The number of hydrogen-bond acceptors (Lipinski definition) is 5. The van der Waals surface area contributed by atoms with Gasteiger partial charge in [-0.05, 0) is 99.0 Å². The quantitative estimate of drug-likeness (QED) is 0.196. The normalized spacial score (nSPS) is 11.5. The van der Waals surface area contributed by atoms with Crippen LogP contribution in [0.15, 0.2) is 80.1 Å². The number of amides is 1. The highest BCUT2D eigenvalue weighted by Crippen LogP contribution is 2.37. The summed E-state index contributed by atoms with van der Waals surface area (Å²) in [5.41, 5.74) is 1.72. The lowest BCUT2D eigenvalue weighted by Gasteiger charge is -2.12. The van der Waals surface area contributed by atoms with E-state index in [1.165, 1.54) is 30.3 Å². The molecule has 0 saturated carbocycles. The Labute approximate surface area is 213 Å². The van der Waals surface area contributed by atoms with Crippen molar-refractivity contribution < 1.29 is 17.4 Å². The second-order valence-corrected chi connectivity index (χ2v) is 10.5. The van der Waals surface area contributed by atoms with Crippen LogP contribution in [0, 0.1) is 18.3 Å². The number of halogens is 3. The lowest BCUT2D eigenvalue weighted by molar-refractivity contribution is -0.112. The number of carbonyl (C=O) groups excluding carboxylic acids is 1. The molecule has 10 heteroatoms. The number of carbonyl (C=O) groups is 1. The Balaban J connectivity index is 1.85. The van der Waals surface area contributed by atoms with Crippen molar-refractivity contribution in [2.45, 2.75) is 11.8 Å². The number of aryl methyl sites for hydroxylation is 1. The van der Waals surface area contributed by atoms with Crippen molar-refractivity contribution in [1.82, 2.24) is 0 Å². The smallest absolute Gasteiger partial charge is 0.339 e. The number of nitrogens with zero attached hydrogens (tertiary/aromatic N) is 1. The van der Waals surface area contributed by atoms with E-state index < -0.39 is 16.0 Å². The van der Waals surface area contributed by atoms with E-state index in [1.54, 1.807) is 36.4 Å². The molecular formula is C23H15Br2ClN2O4S. The zero-order valence-electron chi connectivity index (χ0n) is 17.0. The van der Waals surface area contributed by atoms with Crippen LogP contribution in [-0.2, 0) is 14.9 Å². The first-order valence-electron chi connectivity index (χ1n) is 9.28. The van der Waals surface area contributed by atoms with Crippen LogP contribution in [0.1, 0.15) is 11.1 Å². The first kappa shape index (κ1) is 25.0. The van der Waals surface area contributed by atoms with E-state index in [9.17, 15) is 18.5 Å². The SMILES string of the molecule is Cc1ccc(S(=O)(=O)Oc2c(Br)cc(/C=C(/C#N)C(=O)Nc3ccc(Cl)cc3)cc2Br)cc1. The average molecular weight is 611 g/mol. The van der Waals surface area contributed by atoms with Crippen LogP contribution in [0.4, 0.5) is 5.69 Å². The molecule has 3 aromatic carbocycles. The van der Waals surface area contributed by atoms with Crippen molar-refractivity contribution in [3.05, 3.63) is 91.3 Å². The molecule has 0 aliphatic carbocycles. The van der Waals surface area contributed by atoms with Gasteiger partial charge in [-0.2, -0.15) is 13.7 Å². The predicted molar refractivity (Wildman–Crippen MR) is 135 cm³/mol. The number of nitrogens with one attached hydrogen (secondary N) is 1. The molecule has 3 rings (SSSR count). The molecule has 0 aromatic heterocycles. The third-order valence-corrected chi connectivity index (χ3v) is 6.97. The summed E-state index contributed by atoms with van der Waals surface area (Å²) in [6, 6.07) is 17.7. The Morgan fingerprint density at radius 3 is 2.18 bits per heavy atom. The fraction of sp³-hybridized carbons (Fsp3) is 0.0435. The van der Waals surface area contributed by atoms with Gasteiger partial charge in [0.15, 0.2) is 5.75 Å². The lowest BCUT2D eigenvalue weighted by atomic mass is 10.1. The van der Waals surface area contributed by atoms with E-state index in [2.05, 4.69) is 37.2 Å². The fourth-order valence-electron chi connectivity index (χ4n) is 2.65. The van der Waals surface area contributed by atoms with Gasteiger partial charge in [-0.1, -0.05) is 29.3 Å². The van der Waals surface area contributed by atoms with E-state index in [-0.39, 0.29) is 16.2 Å². The summed E-state index contributed by atoms with van der Waals surface area (Å²) in [5.74, 6) is -0.564. The molecular weight excluding hydrogens is 596 g/mol. The number of hydrogen-bond donors (Lipinski definition) is 1. The molecule has 168 valence electrons. The third kappa shape index (κ3) is 6.45. The van der Waals surface area contributed by atoms with Crippen LogP contribution in [0.2, 0.25) is 5.02 Å². The maximum Gasteiger partial charge on any atom is 0.339 e. The summed E-state index contributed by atoms with van der Waals surface area (Å²) in [5, 5.41) is 12.6. The van der Waals surface area contributed by atoms with Gasteiger partial charge in [0.2, 0.25) is 0 Å². The number of benzene rings is 3. The minimum absolute atomic E-state index is 0.0153. The van der Waals surface area contributed by atoms with Gasteiger partial charge < -0.3 is 9.50 Å². The van der Waals surface area contributed by atoms with Crippen molar-refractivity contribution in [1.29, 1.82) is 5.26 Å². The standard InChI is InChI=1S/C23H15Br2ClN2O4S/c1-14-2-8-19(9-3-14)33(30,31)32-22-20(24)11-15(12-21(22)25)10-16(13-27)23(29)28-18-6-4-17(26)5-7-18/h2-12H,1H3,(H,28,29)/b16-10-. The Kier molecular flexibility index (Phi) is 7.97. The molecule has 0 aliphatic rings. The lowest BCUT2D eigenvalue weighted by Crippen LogP contribution is -2.13. The predicted octanol–water partition coefficient (Wildman–Crippen LogP) is 6.49. The second kappa shape index (κ2) is 10.5. The molecule has 1 N–H and O–H groups in total. The molecule has 6 nitrogen and oxygen atoms in total. The highest BCUT2D eigenvalue weighted by Gasteiger charge is 2.21. The van der Waals surface area contributed by atoms with Crippen molar-refractivity contribution >= 4 is 71.2 Å². The first-order chi connectivity index (χ1) is 15.6. The van der Waals surface area contributed by atoms with Crippen LogP contribution in [0.5, 0.6) is 5.75 Å². The monoisotopic (exact) mass is 608 g/mol. The second-order valence-electron chi connectivity index (χ2n) is 6.80. The number of nitriles is 1. The van der Waals surface area contributed by atoms with E-state index in [4.69, 9.17) is 15.8 Å². The Morgan fingerprint density at radius 1 is 1.06 bits per heavy atom. The zero-order valence-corrected chi connectivity index (χ0v) is 21.7. The van der Waals surface area contributed by atoms with Crippen molar-refractivity contribution in [2.75, 3.05) is 5.32 Å². The Morgan fingerprint density at radius 2 is 1.64 bits per heavy atom. The molecule has 0 atom stereocenters. The van der Waals surface area contributed by atoms with Gasteiger partial charge in [-0.15, -0.1) is 0 Å². The maximum absolute atomic E-state index is 12.6. The number of anilines is 1. The molecule has 33 heavy (non-hydrogen) atoms. The largest absolute Gasteiger partial charge is 0.377 e. The van der Waals surface area contributed by atoms with Gasteiger partial charge in [0, 0.05) is 10.7 Å². The molecule has 3 aromatic rings. The Hall–Kier alpha value is -2.64. The van der Waals surface area contributed by atoms with Crippen LogP contribution >= 0.6 is 43.5 Å². The minimum Gasteiger partial charge on any atom is -0.377 e. The fourth-order valence-corrected chi connectivity index (χ4v) is 5.34. The van der Waals surface area contributed by atoms with Crippen LogP contribution in [0.25, 0.3) is 6.08 Å². The van der Waals surface area contributed by atoms with E-state index in [0.717, 1.165) is 5.56 Å². The van der Waals surface area contributed by atoms with Gasteiger partial charge in [0.1, 0.15) is 16.5 Å². The summed E-state index contributed by atoms with van der Waals surface area (Å²) in [6.07, 6.45) is 1.37. The molecule has 0 spiro atoms. The summed E-state index contributed by atoms with van der Waals surface area (Å²) >= 11 is 12.4. The zero-order chi connectivity index (χ0) is 24.2. The van der Waals surface area contributed by atoms with E-state index >= 15 is 0 Å². The molecule has 0 unspecified atom stereocenters. The molecule has 0 saturated heterocycles. The van der Waals surface area contributed by atoms with Crippen molar-refractivity contribution in [3.63, 3.8) is 0 Å². The topological polar surface area (TPSA) is 96.3 Å². The van der Waals surface area contributed by atoms with Gasteiger partial charge in [-0.25, -0.2) is 0 Å². The molecule has 0 heterocycles. The molecule has 0 radical (unpaired) electrons. The number of rotatable bonds is 6. The van der Waals surface area contributed by atoms with Gasteiger partial charge in [0.25, 0.3) is 5.91 Å². The third-order valence-electron chi connectivity index (χ3n) is 4.30. The maximum atomic E-state index is 12.6. The summed E-state index contributed by atoms with van der Waals surface area (Å²) in [6.45, 7) is 1.85. The molecule has 1 amide bonds. The average Bonchev–Trinajstić information content (AvgIpc) is 2.76. The van der Waals surface area contributed by atoms with E-state index in [1.807, 2.05) is 13.0 Å². The van der Waals surface area contributed by atoms with Gasteiger partial charge in [0.05, 0.1) is 8.95 Å². The minimum atomic E-state index is -4.07. The van der Waals surface area contributed by atoms with Crippen LogP contribution in [0.3, 0.4) is 0 Å². The first-order valence-corrected chi connectivity index (χ1v) is 12.6. The Bertz CT molecular complexity index is 1360. The molecule has 0 bridgehead atoms. The highest BCUT2D eigenvalue weighted by molar-refractivity contribution is 9.11. The highest BCUT2D eigenvalue weighted by atomic mass is 79.9. The van der Waals surface area contributed by atoms with Crippen molar-refractivity contribution in [2.24, 2.45) is 0 Å².